The lowest BCUT2D eigenvalue weighted by Crippen LogP contribution is -2.48. The van der Waals surface area contributed by atoms with Gasteiger partial charge in [0, 0.05) is 25.2 Å². The highest BCUT2D eigenvalue weighted by molar-refractivity contribution is 7.89. The third kappa shape index (κ3) is 4.98. The lowest BCUT2D eigenvalue weighted by atomic mass is 10.1. The van der Waals surface area contributed by atoms with Gasteiger partial charge in [-0.25, -0.2) is 8.42 Å². The molecule has 1 aliphatic heterocycles. The Bertz CT molecular complexity index is 888. The first-order valence-corrected chi connectivity index (χ1v) is 11.0. The number of sulfonamides is 1. The fourth-order valence-corrected chi connectivity index (χ4v) is 4.70. The van der Waals surface area contributed by atoms with E-state index in [9.17, 15) is 13.2 Å². The molecule has 3 atom stereocenters. The van der Waals surface area contributed by atoms with Crippen molar-refractivity contribution in [3.63, 3.8) is 0 Å². The molecule has 0 aromatic heterocycles. The third-order valence-corrected chi connectivity index (χ3v) is 6.73. The molecule has 2 N–H and O–H groups in total. The molecule has 28 heavy (non-hydrogen) atoms. The summed E-state index contributed by atoms with van der Waals surface area (Å²) in [5, 5.41) is 2.98. The van der Waals surface area contributed by atoms with Crippen LogP contribution in [0.3, 0.4) is 0 Å². The Labute approximate surface area is 167 Å². The molecule has 0 bridgehead atoms. The van der Waals surface area contributed by atoms with Crippen LogP contribution < -0.4 is 10.0 Å². The summed E-state index contributed by atoms with van der Waals surface area (Å²) >= 11 is 0. The minimum absolute atomic E-state index is 0.0161. The summed E-state index contributed by atoms with van der Waals surface area (Å²) in [6, 6.07) is 17.8. The molecule has 0 spiro atoms. The number of carbonyl (C=O) groups excluding carboxylic acids is 1. The number of nitrogens with one attached hydrogen (secondary N) is 2. The molecule has 0 aliphatic carbocycles. The fraction of sp³-hybridized carbons (Fsp3) is 0.381. The molecule has 1 heterocycles. The summed E-state index contributed by atoms with van der Waals surface area (Å²) in [7, 11) is -3.72. The first-order valence-electron chi connectivity index (χ1n) is 9.53. The fourth-order valence-electron chi connectivity index (χ4n) is 3.48. The number of likely N-dealkylation sites (tertiary alicyclic amines) is 1. The highest BCUT2D eigenvalue weighted by Crippen LogP contribution is 2.24. The molecule has 2 aromatic rings. The first-order chi connectivity index (χ1) is 13.4. The van der Waals surface area contributed by atoms with Crippen molar-refractivity contribution in [2.24, 2.45) is 0 Å². The molecule has 150 valence electrons. The summed E-state index contributed by atoms with van der Waals surface area (Å²) in [5.41, 5.74) is 1.25. The predicted molar refractivity (Wildman–Crippen MR) is 109 cm³/mol. The molecule has 7 heteroatoms. The minimum atomic E-state index is -3.72. The number of carbonyl (C=O) groups is 1. The second kappa shape index (κ2) is 8.86. The Morgan fingerprint density at radius 2 is 1.64 bits per heavy atom. The number of benzene rings is 2. The van der Waals surface area contributed by atoms with E-state index in [2.05, 4.69) is 34.0 Å². The van der Waals surface area contributed by atoms with Crippen molar-refractivity contribution in [1.29, 1.82) is 0 Å². The summed E-state index contributed by atoms with van der Waals surface area (Å²) < 4.78 is 27.2. The van der Waals surface area contributed by atoms with Crippen LogP contribution >= 0.6 is 0 Å². The van der Waals surface area contributed by atoms with Crippen molar-refractivity contribution in [2.45, 2.75) is 43.3 Å². The minimum Gasteiger partial charge on any atom is -0.351 e. The van der Waals surface area contributed by atoms with Gasteiger partial charge in [-0.1, -0.05) is 48.5 Å². The van der Waals surface area contributed by atoms with E-state index in [0.29, 0.717) is 0 Å². The zero-order chi connectivity index (χ0) is 20.1. The number of hydrogen-bond acceptors (Lipinski definition) is 4. The Balaban J connectivity index is 1.54. The van der Waals surface area contributed by atoms with Gasteiger partial charge in [0.25, 0.3) is 0 Å². The monoisotopic (exact) mass is 401 g/mol. The lowest BCUT2D eigenvalue weighted by Gasteiger charge is -2.25. The molecular formula is C21H27N3O3S. The molecule has 3 rings (SSSR count). The van der Waals surface area contributed by atoms with Crippen molar-refractivity contribution in [2.75, 3.05) is 13.1 Å². The van der Waals surface area contributed by atoms with Gasteiger partial charge in [-0.15, -0.1) is 0 Å². The van der Waals surface area contributed by atoms with Crippen molar-refractivity contribution < 1.29 is 13.2 Å². The van der Waals surface area contributed by atoms with Crippen molar-refractivity contribution in [1.82, 2.24) is 14.9 Å². The number of amides is 1. The van der Waals surface area contributed by atoms with Crippen LogP contribution in [0.25, 0.3) is 0 Å². The molecule has 6 nitrogen and oxygen atoms in total. The van der Waals surface area contributed by atoms with E-state index in [1.54, 1.807) is 25.1 Å². The van der Waals surface area contributed by atoms with E-state index in [0.717, 1.165) is 19.5 Å². The molecule has 0 saturated carbocycles. The van der Waals surface area contributed by atoms with Crippen LogP contribution in [0.15, 0.2) is 65.6 Å². The van der Waals surface area contributed by atoms with Crippen molar-refractivity contribution in [3.8, 4) is 0 Å². The van der Waals surface area contributed by atoms with E-state index in [1.165, 1.54) is 17.7 Å². The molecule has 1 amide bonds. The van der Waals surface area contributed by atoms with Crippen LogP contribution in [0.1, 0.15) is 31.9 Å². The normalized spacial score (nSPS) is 19.9. The maximum absolute atomic E-state index is 12.5. The Hall–Kier alpha value is -2.22. The molecular weight excluding hydrogens is 374 g/mol. The lowest BCUT2D eigenvalue weighted by molar-refractivity contribution is -0.123. The van der Waals surface area contributed by atoms with Crippen LogP contribution in [0.2, 0.25) is 0 Å². The summed E-state index contributed by atoms with van der Waals surface area (Å²) in [5.74, 6) is -0.307. The van der Waals surface area contributed by atoms with Gasteiger partial charge in [0.2, 0.25) is 15.9 Å². The highest BCUT2D eigenvalue weighted by atomic mass is 32.2. The maximum Gasteiger partial charge on any atom is 0.241 e. The van der Waals surface area contributed by atoms with Gasteiger partial charge in [-0.2, -0.15) is 4.72 Å². The van der Waals surface area contributed by atoms with Gasteiger partial charge in [0.1, 0.15) is 0 Å². The second-order valence-corrected chi connectivity index (χ2v) is 8.95. The van der Waals surface area contributed by atoms with E-state index in [1.807, 2.05) is 18.2 Å². The van der Waals surface area contributed by atoms with Crippen LogP contribution in [-0.2, 0) is 14.8 Å². The molecule has 1 fully saturated rings. The van der Waals surface area contributed by atoms with Gasteiger partial charge in [0.05, 0.1) is 10.9 Å². The van der Waals surface area contributed by atoms with E-state index < -0.39 is 16.1 Å². The Morgan fingerprint density at radius 3 is 2.29 bits per heavy atom. The van der Waals surface area contributed by atoms with Gasteiger partial charge < -0.3 is 5.32 Å². The van der Waals surface area contributed by atoms with Gasteiger partial charge in [0.15, 0.2) is 0 Å². The number of nitrogens with zero attached hydrogens (tertiary/aromatic N) is 1. The highest BCUT2D eigenvalue weighted by Gasteiger charge is 2.30. The van der Waals surface area contributed by atoms with Crippen LogP contribution in [-0.4, -0.2) is 44.4 Å². The Kier molecular flexibility index (Phi) is 6.49. The second-order valence-electron chi connectivity index (χ2n) is 7.23. The SMILES string of the molecule is CC(c1ccccc1)N1CCC(NC(=O)[C@H](C)NS(=O)(=O)c2ccccc2)C1. The number of rotatable bonds is 7. The van der Waals surface area contributed by atoms with Crippen LogP contribution in [0.4, 0.5) is 0 Å². The standard InChI is InChI=1S/C21H27N3O3S/c1-16(23-28(26,27)20-11-7-4-8-12-20)21(25)22-19-13-14-24(15-19)17(2)18-9-5-3-6-10-18/h3-12,16-17,19,23H,13-15H2,1-2H3,(H,22,25)/t16-,17?,19?/m0/s1. The van der Waals surface area contributed by atoms with Crippen molar-refractivity contribution >= 4 is 15.9 Å². The van der Waals surface area contributed by atoms with E-state index >= 15 is 0 Å². The molecule has 2 unspecified atom stereocenters. The van der Waals surface area contributed by atoms with E-state index in [4.69, 9.17) is 0 Å². The van der Waals surface area contributed by atoms with Crippen molar-refractivity contribution in [3.05, 3.63) is 66.2 Å². The summed E-state index contributed by atoms with van der Waals surface area (Å²) in [6.07, 6.45) is 0.848. The third-order valence-electron chi connectivity index (χ3n) is 5.17. The summed E-state index contributed by atoms with van der Waals surface area (Å²) in [4.78, 5) is 15.0. The quantitative estimate of drug-likeness (QED) is 0.746. The van der Waals surface area contributed by atoms with Crippen LogP contribution in [0.5, 0.6) is 0 Å². The van der Waals surface area contributed by atoms with Crippen LogP contribution in [0, 0.1) is 0 Å². The average Bonchev–Trinajstić information content (AvgIpc) is 3.17. The molecule has 2 aromatic carbocycles. The van der Waals surface area contributed by atoms with Gasteiger partial charge in [-0.3, -0.25) is 9.69 Å². The first kappa shape index (κ1) is 20.5. The topological polar surface area (TPSA) is 78.5 Å². The zero-order valence-corrected chi connectivity index (χ0v) is 17.0. The smallest absolute Gasteiger partial charge is 0.241 e. The summed E-state index contributed by atoms with van der Waals surface area (Å²) in [6.45, 7) is 5.37. The molecule has 1 aliphatic rings. The number of hydrogen-bond donors (Lipinski definition) is 2. The predicted octanol–water partition coefficient (Wildman–Crippen LogP) is 2.31. The van der Waals surface area contributed by atoms with Gasteiger partial charge >= 0.3 is 0 Å². The molecule has 0 radical (unpaired) electrons. The Morgan fingerprint density at radius 1 is 1.04 bits per heavy atom. The largest absolute Gasteiger partial charge is 0.351 e. The molecule has 1 saturated heterocycles. The van der Waals surface area contributed by atoms with E-state index in [-0.39, 0.29) is 22.9 Å². The van der Waals surface area contributed by atoms with Gasteiger partial charge in [-0.05, 0) is 38.0 Å². The maximum atomic E-state index is 12.5. The average molecular weight is 402 g/mol. The zero-order valence-electron chi connectivity index (χ0n) is 16.2.